The van der Waals surface area contributed by atoms with Crippen molar-refractivity contribution in [1.82, 2.24) is 9.88 Å². The van der Waals surface area contributed by atoms with Crippen molar-refractivity contribution in [2.75, 3.05) is 13.1 Å². The number of rotatable bonds is 4. The van der Waals surface area contributed by atoms with Crippen LogP contribution in [0.2, 0.25) is 0 Å². The van der Waals surface area contributed by atoms with Crippen LogP contribution >= 0.6 is 0 Å². The van der Waals surface area contributed by atoms with Crippen molar-refractivity contribution in [3.05, 3.63) is 42.1 Å². The van der Waals surface area contributed by atoms with E-state index in [1.807, 2.05) is 6.20 Å². The predicted molar refractivity (Wildman–Crippen MR) is 83.5 cm³/mol. The molecule has 20 heavy (non-hydrogen) atoms. The molecule has 3 rings (SSSR count). The van der Waals surface area contributed by atoms with Gasteiger partial charge in [-0.05, 0) is 50.0 Å². The highest BCUT2D eigenvalue weighted by Gasteiger charge is 2.22. The van der Waals surface area contributed by atoms with Crippen molar-refractivity contribution in [3.63, 3.8) is 0 Å². The molecule has 0 spiro atoms. The lowest BCUT2D eigenvalue weighted by molar-refractivity contribution is 0.134. The third kappa shape index (κ3) is 2.84. The molecule has 3 heteroatoms. The molecule has 1 fully saturated rings. The minimum absolute atomic E-state index is 0.653. The number of para-hydroxylation sites is 1. The van der Waals surface area contributed by atoms with E-state index in [0.717, 1.165) is 25.0 Å². The Morgan fingerprint density at radius 2 is 2.10 bits per heavy atom. The molecule has 0 aliphatic carbocycles. The van der Waals surface area contributed by atoms with Gasteiger partial charge in [0, 0.05) is 24.2 Å². The summed E-state index contributed by atoms with van der Waals surface area (Å²) in [6, 6.07) is 11.2. The van der Waals surface area contributed by atoms with Gasteiger partial charge in [-0.15, -0.1) is 0 Å². The van der Waals surface area contributed by atoms with E-state index < -0.39 is 0 Å². The van der Waals surface area contributed by atoms with Gasteiger partial charge in [0.15, 0.2) is 0 Å². The summed E-state index contributed by atoms with van der Waals surface area (Å²) < 4.78 is 0. The smallest absolute Gasteiger partial charge is 0.0705 e. The largest absolute Gasteiger partial charge is 0.330 e. The van der Waals surface area contributed by atoms with Crippen LogP contribution in [0.5, 0.6) is 0 Å². The highest BCUT2D eigenvalue weighted by molar-refractivity contribution is 5.81. The summed E-state index contributed by atoms with van der Waals surface area (Å²) in [5.41, 5.74) is 8.25. The first-order valence-corrected chi connectivity index (χ1v) is 7.65. The molecule has 0 amide bonds. The van der Waals surface area contributed by atoms with Crippen molar-refractivity contribution < 1.29 is 0 Å². The minimum atomic E-state index is 0.653. The normalized spacial score (nSPS) is 20.4. The maximum atomic E-state index is 5.77. The Morgan fingerprint density at radius 1 is 1.20 bits per heavy atom. The highest BCUT2D eigenvalue weighted by Crippen LogP contribution is 2.24. The molecule has 1 aliphatic heterocycles. The van der Waals surface area contributed by atoms with Crippen LogP contribution < -0.4 is 5.73 Å². The fourth-order valence-corrected chi connectivity index (χ4v) is 3.30. The van der Waals surface area contributed by atoms with Crippen LogP contribution in [0.3, 0.4) is 0 Å². The van der Waals surface area contributed by atoms with Crippen LogP contribution in [0, 0.1) is 0 Å². The van der Waals surface area contributed by atoms with Crippen molar-refractivity contribution in [2.45, 2.75) is 38.3 Å². The number of hydrogen-bond donors (Lipinski definition) is 1. The number of benzene rings is 1. The number of nitrogens with zero attached hydrogens (tertiary/aromatic N) is 2. The number of aromatic nitrogens is 1. The molecule has 1 aliphatic rings. The zero-order valence-corrected chi connectivity index (χ0v) is 12.0. The molecule has 1 atom stereocenters. The molecule has 0 bridgehead atoms. The van der Waals surface area contributed by atoms with Gasteiger partial charge < -0.3 is 5.73 Å². The SMILES string of the molecule is NCCC1CCCCN1Cc1ccnc2ccccc12. The Morgan fingerprint density at radius 3 is 3.00 bits per heavy atom. The van der Waals surface area contributed by atoms with Crippen molar-refractivity contribution in [2.24, 2.45) is 5.73 Å². The average Bonchev–Trinajstić information content (AvgIpc) is 2.50. The van der Waals surface area contributed by atoms with Crippen LogP contribution in [0.1, 0.15) is 31.2 Å². The third-order valence-corrected chi connectivity index (χ3v) is 4.36. The Balaban J connectivity index is 1.84. The first kappa shape index (κ1) is 13.5. The second-order valence-corrected chi connectivity index (χ2v) is 5.68. The van der Waals surface area contributed by atoms with Crippen LogP contribution in [0.4, 0.5) is 0 Å². The van der Waals surface area contributed by atoms with E-state index >= 15 is 0 Å². The minimum Gasteiger partial charge on any atom is -0.330 e. The molecule has 0 radical (unpaired) electrons. The van der Waals surface area contributed by atoms with Gasteiger partial charge >= 0.3 is 0 Å². The maximum absolute atomic E-state index is 5.77. The lowest BCUT2D eigenvalue weighted by Crippen LogP contribution is -2.40. The van der Waals surface area contributed by atoms with Crippen LogP contribution in [-0.4, -0.2) is 29.0 Å². The molecular weight excluding hydrogens is 246 g/mol. The van der Waals surface area contributed by atoms with E-state index in [-0.39, 0.29) is 0 Å². The summed E-state index contributed by atoms with van der Waals surface area (Å²) in [6.45, 7) is 3.01. The van der Waals surface area contributed by atoms with Gasteiger partial charge in [-0.3, -0.25) is 9.88 Å². The van der Waals surface area contributed by atoms with Gasteiger partial charge in [0.1, 0.15) is 0 Å². The number of pyridine rings is 1. The van der Waals surface area contributed by atoms with E-state index in [2.05, 4.69) is 40.2 Å². The van der Waals surface area contributed by atoms with E-state index in [4.69, 9.17) is 5.73 Å². The van der Waals surface area contributed by atoms with Crippen LogP contribution in [0.25, 0.3) is 10.9 Å². The van der Waals surface area contributed by atoms with Crippen molar-refractivity contribution in [3.8, 4) is 0 Å². The summed E-state index contributed by atoms with van der Waals surface area (Å²) in [5, 5.41) is 1.28. The Bertz CT molecular complexity index is 560. The number of likely N-dealkylation sites (tertiary alicyclic amines) is 1. The van der Waals surface area contributed by atoms with Gasteiger partial charge in [-0.25, -0.2) is 0 Å². The second kappa shape index (κ2) is 6.33. The van der Waals surface area contributed by atoms with Gasteiger partial charge in [-0.1, -0.05) is 24.6 Å². The quantitative estimate of drug-likeness (QED) is 0.928. The number of fused-ring (bicyclic) bond motifs is 1. The van der Waals surface area contributed by atoms with Gasteiger partial charge in [0.25, 0.3) is 0 Å². The lowest BCUT2D eigenvalue weighted by Gasteiger charge is -2.35. The number of piperidine rings is 1. The molecule has 2 aromatic rings. The monoisotopic (exact) mass is 269 g/mol. The van der Waals surface area contributed by atoms with E-state index in [1.54, 1.807) is 0 Å². The number of nitrogens with two attached hydrogens (primary N) is 1. The topological polar surface area (TPSA) is 42.1 Å². The van der Waals surface area contributed by atoms with Gasteiger partial charge in [0.2, 0.25) is 0 Å². The molecule has 0 saturated carbocycles. The predicted octanol–water partition coefficient (Wildman–Crippen LogP) is 2.94. The second-order valence-electron chi connectivity index (χ2n) is 5.68. The van der Waals surface area contributed by atoms with Gasteiger partial charge in [0.05, 0.1) is 5.52 Å². The highest BCUT2D eigenvalue weighted by atomic mass is 15.2. The van der Waals surface area contributed by atoms with E-state index in [1.165, 1.54) is 36.8 Å². The maximum Gasteiger partial charge on any atom is 0.0705 e. The molecular formula is C17H23N3. The zero-order valence-electron chi connectivity index (χ0n) is 12.0. The van der Waals surface area contributed by atoms with E-state index in [9.17, 15) is 0 Å². The summed E-state index contributed by atoms with van der Waals surface area (Å²) in [4.78, 5) is 7.06. The molecule has 1 aromatic heterocycles. The molecule has 1 unspecified atom stereocenters. The van der Waals surface area contributed by atoms with Crippen LogP contribution in [0.15, 0.2) is 36.5 Å². The van der Waals surface area contributed by atoms with Crippen molar-refractivity contribution >= 4 is 10.9 Å². The standard InChI is InChI=1S/C17H23N3/c18-10-8-15-5-3-4-12-20(15)13-14-9-11-19-17-7-2-1-6-16(14)17/h1-2,6-7,9,11,15H,3-5,8,10,12-13,18H2. The number of hydrogen-bond acceptors (Lipinski definition) is 3. The fraction of sp³-hybridized carbons (Fsp3) is 0.471. The molecule has 3 nitrogen and oxygen atoms in total. The summed E-state index contributed by atoms with van der Waals surface area (Å²) in [6.07, 6.45) is 6.99. The van der Waals surface area contributed by atoms with Gasteiger partial charge in [-0.2, -0.15) is 0 Å². The first-order valence-electron chi connectivity index (χ1n) is 7.65. The average molecular weight is 269 g/mol. The van der Waals surface area contributed by atoms with Crippen molar-refractivity contribution in [1.29, 1.82) is 0 Å². The molecule has 1 saturated heterocycles. The summed E-state index contributed by atoms with van der Waals surface area (Å²) in [7, 11) is 0. The zero-order chi connectivity index (χ0) is 13.8. The van der Waals surface area contributed by atoms with Crippen LogP contribution in [-0.2, 0) is 6.54 Å². The molecule has 1 aromatic carbocycles. The Kier molecular flexibility index (Phi) is 4.28. The lowest BCUT2D eigenvalue weighted by atomic mass is 9.98. The molecule has 2 heterocycles. The molecule has 106 valence electrons. The molecule has 2 N–H and O–H groups in total. The van der Waals surface area contributed by atoms with E-state index in [0.29, 0.717) is 6.04 Å². The summed E-state index contributed by atoms with van der Waals surface area (Å²) >= 11 is 0. The third-order valence-electron chi connectivity index (χ3n) is 4.36. The summed E-state index contributed by atoms with van der Waals surface area (Å²) in [5.74, 6) is 0. The Hall–Kier alpha value is -1.45. The Labute approximate surface area is 120 Å². The fourth-order valence-electron chi connectivity index (χ4n) is 3.30. The first-order chi connectivity index (χ1) is 9.88.